The van der Waals surface area contributed by atoms with E-state index in [1.807, 2.05) is 0 Å². The lowest BCUT2D eigenvalue weighted by Crippen LogP contribution is -2.22. The number of carboxylic acids is 3. The van der Waals surface area contributed by atoms with E-state index in [9.17, 15) is 24.0 Å². The van der Waals surface area contributed by atoms with E-state index in [-0.39, 0.29) is 12.8 Å². The van der Waals surface area contributed by atoms with Gasteiger partial charge in [0, 0.05) is 19.3 Å². The molecule has 0 saturated heterocycles. The van der Waals surface area contributed by atoms with Crippen LogP contribution in [-0.2, 0) is 24.0 Å². The van der Waals surface area contributed by atoms with E-state index in [0.29, 0.717) is 19.3 Å². The highest BCUT2D eigenvalue weighted by Gasteiger charge is 2.20. The van der Waals surface area contributed by atoms with Crippen molar-refractivity contribution in [2.75, 3.05) is 0 Å². The summed E-state index contributed by atoms with van der Waals surface area (Å²) >= 11 is 0. The number of aliphatic carboxylic acids is 3. The summed E-state index contributed by atoms with van der Waals surface area (Å²) < 4.78 is 0. The fraction of sp³-hybridized carbons (Fsp3) is 0.750. The summed E-state index contributed by atoms with van der Waals surface area (Å²) in [5, 5.41) is 24.9. The second-order valence-electron chi connectivity index (χ2n) is 6.63. The van der Waals surface area contributed by atoms with Crippen molar-refractivity contribution in [1.82, 2.24) is 0 Å². The normalized spacial score (nSPS) is 9.89. The molecule has 3 N–H and O–H groups in total. The fourth-order valence-electron chi connectivity index (χ4n) is 2.38. The third kappa shape index (κ3) is 21.8. The molecule has 0 aromatic carbocycles. The Kier molecular flexibility index (Phi) is 19.5. The lowest BCUT2D eigenvalue weighted by atomic mass is 10.1. The molecule has 0 bridgehead atoms. The molecule has 0 unspecified atom stereocenters. The Morgan fingerprint density at radius 3 is 1.25 bits per heavy atom. The second kappa shape index (κ2) is 19.5. The van der Waals surface area contributed by atoms with Crippen LogP contribution in [0.4, 0.5) is 0 Å². The maximum absolute atomic E-state index is 11.0. The molecular formula is C20H34O8. The standard InChI is InChI=1S/C12H18O6.C8H16O2/c13-9(11(16)12(17)18)7-5-3-1-2-4-6-8-10(14)15;1-2-3-4-5-6-7-8(9)10/h1-8H2,(H,14,15)(H,17,18);2-7H2,1H3,(H,9,10). The van der Waals surface area contributed by atoms with Gasteiger partial charge in [-0.2, -0.15) is 0 Å². The van der Waals surface area contributed by atoms with Gasteiger partial charge in [0.1, 0.15) is 0 Å². The number of hydrogen-bond donors (Lipinski definition) is 3. The summed E-state index contributed by atoms with van der Waals surface area (Å²) in [5.74, 6) is -5.37. The van der Waals surface area contributed by atoms with Crippen LogP contribution >= 0.6 is 0 Å². The van der Waals surface area contributed by atoms with E-state index in [1.165, 1.54) is 19.3 Å². The highest BCUT2D eigenvalue weighted by atomic mass is 16.4. The van der Waals surface area contributed by atoms with Crippen LogP contribution in [0, 0.1) is 0 Å². The van der Waals surface area contributed by atoms with Crippen molar-refractivity contribution in [2.45, 2.75) is 96.8 Å². The molecule has 0 spiro atoms. The van der Waals surface area contributed by atoms with Crippen molar-refractivity contribution in [3.05, 3.63) is 0 Å². The molecule has 0 atom stereocenters. The minimum atomic E-state index is -1.70. The SMILES string of the molecule is CCCCCCCC(=O)O.O=C(O)CCCCCCCCC(=O)C(=O)C(=O)O. The lowest BCUT2D eigenvalue weighted by Gasteiger charge is -2.00. The Morgan fingerprint density at radius 1 is 0.536 bits per heavy atom. The third-order valence-corrected chi connectivity index (χ3v) is 3.99. The first-order valence-corrected chi connectivity index (χ1v) is 9.96. The Bertz CT molecular complexity index is 485. The first kappa shape index (κ1) is 28.0. The maximum atomic E-state index is 11.0. The molecule has 28 heavy (non-hydrogen) atoms. The van der Waals surface area contributed by atoms with Gasteiger partial charge >= 0.3 is 23.7 Å². The molecule has 0 heterocycles. The molecule has 0 aromatic heterocycles. The zero-order chi connectivity index (χ0) is 21.8. The number of hydrogen-bond acceptors (Lipinski definition) is 5. The lowest BCUT2D eigenvalue weighted by molar-refractivity contribution is -0.153. The summed E-state index contributed by atoms with van der Waals surface area (Å²) in [6.45, 7) is 2.15. The minimum absolute atomic E-state index is 0.0275. The van der Waals surface area contributed by atoms with Gasteiger partial charge < -0.3 is 15.3 Å². The zero-order valence-electron chi connectivity index (χ0n) is 16.8. The van der Waals surface area contributed by atoms with Crippen LogP contribution in [0.3, 0.4) is 0 Å². The molecule has 0 radical (unpaired) electrons. The van der Waals surface area contributed by atoms with Crippen molar-refractivity contribution in [3.8, 4) is 0 Å². The molecule has 0 aliphatic heterocycles. The molecule has 162 valence electrons. The van der Waals surface area contributed by atoms with Crippen LogP contribution in [0.1, 0.15) is 96.8 Å². The average molecular weight is 402 g/mol. The number of Topliss-reactive ketones (excluding diaryl/α,β-unsaturated/α-hetero) is 2. The zero-order valence-corrected chi connectivity index (χ0v) is 16.8. The molecule has 0 aliphatic rings. The highest BCUT2D eigenvalue weighted by Crippen LogP contribution is 2.09. The summed E-state index contributed by atoms with van der Waals surface area (Å²) in [4.78, 5) is 52.1. The maximum Gasteiger partial charge on any atom is 0.380 e. The molecule has 0 saturated carbocycles. The minimum Gasteiger partial charge on any atom is -0.481 e. The molecule has 0 aliphatic carbocycles. The van der Waals surface area contributed by atoms with E-state index in [1.54, 1.807) is 0 Å². The fourth-order valence-corrected chi connectivity index (χ4v) is 2.38. The van der Waals surface area contributed by atoms with Crippen molar-refractivity contribution in [2.24, 2.45) is 0 Å². The van der Waals surface area contributed by atoms with Crippen LogP contribution in [-0.4, -0.2) is 44.8 Å². The van der Waals surface area contributed by atoms with E-state index < -0.39 is 29.5 Å². The first-order chi connectivity index (χ1) is 13.2. The van der Waals surface area contributed by atoms with Gasteiger partial charge in [0.25, 0.3) is 0 Å². The van der Waals surface area contributed by atoms with Crippen LogP contribution < -0.4 is 0 Å². The van der Waals surface area contributed by atoms with Gasteiger partial charge in [-0.1, -0.05) is 58.3 Å². The van der Waals surface area contributed by atoms with E-state index in [4.69, 9.17) is 15.3 Å². The number of ketones is 2. The number of rotatable bonds is 17. The van der Waals surface area contributed by atoms with Gasteiger partial charge in [-0.05, 0) is 19.3 Å². The smallest absolute Gasteiger partial charge is 0.380 e. The van der Waals surface area contributed by atoms with Crippen molar-refractivity contribution in [1.29, 1.82) is 0 Å². The largest absolute Gasteiger partial charge is 0.481 e. The van der Waals surface area contributed by atoms with Crippen LogP contribution in [0.25, 0.3) is 0 Å². The van der Waals surface area contributed by atoms with Gasteiger partial charge in [0.2, 0.25) is 5.78 Å². The van der Waals surface area contributed by atoms with Crippen molar-refractivity contribution < 1.29 is 39.3 Å². The van der Waals surface area contributed by atoms with Gasteiger partial charge in [-0.3, -0.25) is 19.2 Å². The third-order valence-electron chi connectivity index (χ3n) is 3.99. The second-order valence-corrected chi connectivity index (χ2v) is 6.63. The van der Waals surface area contributed by atoms with Gasteiger partial charge in [-0.25, -0.2) is 4.79 Å². The molecular weight excluding hydrogens is 368 g/mol. The predicted octanol–water partition coefficient (Wildman–Crippen LogP) is 3.85. The number of carbonyl (C=O) groups is 5. The van der Waals surface area contributed by atoms with Gasteiger partial charge in [0.05, 0.1) is 0 Å². The van der Waals surface area contributed by atoms with Crippen LogP contribution in [0.15, 0.2) is 0 Å². The van der Waals surface area contributed by atoms with E-state index in [0.717, 1.165) is 38.5 Å². The number of carboxylic acid groups (broad SMARTS) is 3. The number of carbonyl (C=O) groups excluding carboxylic acids is 2. The first-order valence-electron chi connectivity index (χ1n) is 9.96. The van der Waals surface area contributed by atoms with Crippen molar-refractivity contribution >= 4 is 29.5 Å². The summed E-state index contributed by atoms with van der Waals surface area (Å²) in [6.07, 6.45) is 10.5. The van der Waals surface area contributed by atoms with Gasteiger partial charge in [-0.15, -0.1) is 0 Å². The number of unbranched alkanes of at least 4 members (excludes halogenated alkanes) is 9. The highest BCUT2D eigenvalue weighted by molar-refractivity contribution is 6.61. The molecule has 0 rings (SSSR count). The predicted molar refractivity (Wildman–Crippen MR) is 103 cm³/mol. The van der Waals surface area contributed by atoms with Crippen LogP contribution in [0.5, 0.6) is 0 Å². The summed E-state index contributed by atoms with van der Waals surface area (Å²) in [6, 6.07) is 0. The molecule has 0 aromatic rings. The van der Waals surface area contributed by atoms with Crippen molar-refractivity contribution in [3.63, 3.8) is 0 Å². The monoisotopic (exact) mass is 402 g/mol. The summed E-state index contributed by atoms with van der Waals surface area (Å²) in [7, 11) is 0. The Labute approximate surface area is 166 Å². The van der Waals surface area contributed by atoms with Crippen LogP contribution in [0.2, 0.25) is 0 Å². The Balaban J connectivity index is 0. The van der Waals surface area contributed by atoms with Gasteiger partial charge in [0.15, 0.2) is 0 Å². The quantitative estimate of drug-likeness (QED) is 0.189. The average Bonchev–Trinajstić information content (AvgIpc) is 2.62. The molecule has 8 heteroatoms. The van der Waals surface area contributed by atoms with E-state index in [2.05, 4.69) is 6.92 Å². The Hall–Kier alpha value is -2.25. The Morgan fingerprint density at radius 2 is 0.893 bits per heavy atom. The van der Waals surface area contributed by atoms with E-state index >= 15 is 0 Å². The molecule has 0 amide bonds. The summed E-state index contributed by atoms with van der Waals surface area (Å²) in [5.41, 5.74) is 0. The molecule has 0 fully saturated rings. The molecule has 8 nitrogen and oxygen atoms in total. The topological polar surface area (TPSA) is 146 Å².